The predicted octanol–water partition coefficient (Wildman–Crippen LogP) is 1.07. The van der Waals surface area contributed by atoms with Crippen LogP contribution in [0.5, 0.6) is 0 Å². The third-order valence-corrected chi connectivity index (χ3v) is 2.06. The number of amides is 2. The fourth-order valence-corrected chi connectivity index (χ4v) is 1.04. The molecule has 0 atom stereocenters. The Morgan fingerprint density at radius 2 is 2.07 bits per heavy atom. The topological polar surface area (TPSA) is 72.2 Å². The lowest BCUT2D eigenvalue weighted by atomic mass is 10.2. The number of aryl methyl sites for hydroxylation is 1. The Hall–Kier alpha value is -1.55. The molecule has 0 saturated heterocycles. The predicted molar refractivity (Wildman–Crippen MR) is 54.0 cm³/mol. The number of nitrogens with one attached hydrogen (secondary N) is 1. The summed E-state index contributed by atoms with van der Waals surface area (Å²) in [5.41, 5.74) is 6.11. The fraction of sp³-hybridized carbons (Fsp3) is 0.111. The van der Waals surface area contributed by atoms with Gasteiger partial charge in [-0.15, -0.1) is 0 Å². The monoisotopic (exact) mass is 212 g/mol. The van der Waals surface area contributed by atoms with E-state index in [0.717, 1.165) is 5.56 Å². The second-order valence-electron chi connectivity index (χ2n) is 2.78. The van der Waals surface area contributed by atoms with Crippen LogP contribution in [0.15, 0.2) is 18.2 Å². The Morgan fingerprint density at radius 3 is 2.57 bits per heavy atom. The minimum Gasteiger partial charge on any atom is -0.361 e. The van der Waals surface area contributed by atoms with Gasteiger partial charge in [0.1, 0.15) is 0 Å². The maximum Gasteiger partial charge on any atom is 0.313 e. The lowest BCUT2D eigenvalue weighted by Gasteiger charge is -2.04. The molecule has 1 rings (SSSR count). The van der Waals surface area contributed by atoms with Gasteiger partial charge in [0, 0.05) is 10.7 Å². The third-order valence-electron chi connectivity index (χ3n) is 1.65. The van der Waals surface area contributed by atoms with E-state index in [0.29, 0.717) is 10.7 Å². The maximum absolute atomic E-state index is 10.9. The molecule has 0 heterocycles. The largest absolute Gasteiger partial charge is 0.361 e. The van der Waals surface area contributed by atoms with Crippen LogP contribution >= 0.6 is 11.6 Å². The first-order valence-electron chi connectivity index (χ1n) is 3.87. The summed E-state index contributed by atoms with van der Waals surface area (Å²) >= 11 is 5.81. The molecule has 3 N–H and O–H groups in total. The van der Waals surface area contributed by atoms with E-state index in [2.05, 4.69) is 5.32 Å². The molecule has 0 spiro atoms. The van der Waals surface area contributed by atoms with Crippen molar-refractivity contribution >= 4 is 29.1 Å². The van der Waals surface area contributed by atoms with Crippen molar-refractivity contribution in [2.45, 2.75) is 6.92 Å². The van der Waals surface area contributed by atoms with Gasteiger partial charge in [-0.25, -0.2) is 0 Å². The van der Waals surface area contributed by atoms with E-state index in [-0.39, 0.29) is 0 Å². The van der Waals surface area contributed by atoms with Crippen LogP contribution in [0.4, 0.5) is 5.69 Å². The molecule has 0 aliphatic heterocycles. The number of carbonyl (C=O) groups is 2. The Labute approximate surface area is 86.0 Å². The molecule has 2 amide bonds. The molecule has 1 aromatic rings. The lowest BCUT2D eigenvalue weighted by Crippen LogP contribution is -2.29. The van der Waals surface area contributed by atoms with Crippen molar-refractivity contribution in [3.63, 3.8) is 0 Å². The molecule has 1 aromatic carbocycles. The van der Waals surface area contributed by atoms with Gasteiger partial charge >= 0.3 is 11.8 Å². The van der Waals surface area contributed by atoms with Gasteiger partial charge in [0.25, 0.3) is 0 Å². The number of rotatable bonds is 1. The van der Waals surface area contributed by atoms with Gasteiger partial charge in [-0.05, 0) is 24.6 Å². The van der Waals surface area contributed by atoms with Crippen LogP contribution in [0, 0.1) is 6.92 Å². The van der Waals surface area contributed by atoms with Crippen molar-refractivity contribution in [1.82, 2.24) is 0 Å². The van der Waals surface area contributed by atoms with Crippen LogP contribution in [-0.2, 0) is 9.59 Å². The van der Waals surface area contributed by atoms with E-state index >= 15 is 0 Å². The van der Waals surface area contributed by atoms with Crippen LogP contribution in [0.2, 0.25) is 5.02 Å². The highest BCUT2D eigenvalue weighted by atomic mass is 35.5. The van der Waals surface area contributed by atoms with E-state index in [1.54, 1.807) is 18.2 Å². The summed E-state index contributed by atoms with van der Waals surface area (Å²) in [4.78, 5) is 21.3. The van der Waals surface area contributed by atoms with Gasteiger partial charge in [0.05, 0.1) is 0 Å². The molecule has 0 aliphatic carbocycles. The second kappa shape index (κ2) is 4.11. The van der Waals surface area contributed by atoms with Crippen LogP contribution in [-0.4, -0.2) is 11.8 Å². The van der Waals surface area contributed by atoms with Crippen LogP contribution in [0.25, 0.3) is 0 Å². The number of benzene rings is 1. The van der Waals surface area contributed by atoms with Crippen molar-refractivity contribution in [3.05, 3.63) is 28.8 Å². The molecule has 0 bridgehead atoms. The summed E-state index contributed by atoms with van der Waals surface area (Å²) in [7, 11) is 0. The maximum atomic E-state index is 10.9. The fourth-order valence-electron chi connectivity index (χ4n) is 0.863. The summed E-state index contributed by atoms with van der Waals surface area (Å²) in [6.07, 6.45) is 0. The quantitative estimate of drug-likeness (QED) is 0.684. The first kappa shape index (κ1) is 10.5. The minimum atomic E-state index is -1.03. The summed E-state index contributed by atoms with van der Waals surface area (Å²) < 4.78 is 0. The summed E-state index contributed by atoms with van der Waals surface area (Å²) in [5, 5.41) is 2.83. The number of halogens is 1. The highest BCUT2D eigenvalue weighted by Crippen LogP contribution is 2.19. The zero-order chi connectivity index (χ0) is 10.7. The van der Waals surface area contributed by atoms with Crippen molar-refractivity contribution in [3.8, 4) is 0 Å². The number of hydrogen-bond acceptors (Lipinski definition) is 2. The molecule has 0 radical (unpaired) electrons. The summed E-state index contributed by atoms with van der Waals surface area (Å²) in [5.74, 6) is -1.88. The molecule has 0 aliphatic rings. The highest BCUT2D eigenvalue weighted by Gasteiger charge is 2.08. The Bertz CT molecular complexity index is 390. The van der Waals surface area contributed by atoms with Gasteiger partial charge in [0.2, 0.25) is 0 Å². The van der Waals surface area contributed by atoms with E-state index in [1.165, 1.54) is 0 Å². The van der Waals surface area contributed by atoms with Gasteiger partial charge in [-0.1, -0.05) is 17.7 Å². The molecular formula is C9H9ClN2O2. The number of carbonyl (C=O) groups excluding carboxylic acids is 2. The lowest BCUT2D eigenvalue weighted by molar-refractivity contribution is -0.134. The normalized spacial score (nSPS) is 9.57. The summed E-state index contributed by atoms with van der Waals surface area (Å²) in [6.45, 7) is 1.84. The molecular weight excluding hydrogens is 204 g/mol. The van der Waals surface area contributed by atoms with Crippen molar-refractivity contribution in [2.24, 2.45) is 5.73 Å². The zero-order valence-corrected chi connectivity index (χ0v) is 8.26. The highest BCUT2D eigenvalue weighted by molar-refractivity contribution is 6.39. The minimum absolute atomic E-state index is 0.449. The average molecular weight is 213 g/mol. The Morgan fingerprint density at radius 1 is 1.43 bits per heavy atom. The van der Waals surface area contributed by atoms with Crippen molar-refractivity contribution in [2.75, 3.05) is 5.32 Å². The molecule has 0 saturated carbocycles. The zero-order valence-electron chi connectivity index (χ0n) is 7.50. The van der Waals surface area contributed by atoms with E-state index in [1.807, 2.05) is 6.92 Å². The van der Waals surface area contributed by atoms with Gasteiger partial charge < -0.3 is 11.1 Å². The van der Waals surface area contributed by atoms with Gasteiger partial charge in [-0.2, -0.15) is 0 Å². The van der Waals surface area contributed by atoms with Crippen molar-refractivity contribution in [1.29, 1.82) is 0 Å². The van der Waals surface area contributed by atoms with Gasteiger partial charge in [0.15, 0.2) is 0 Å². The molecule has 74 valence electrons. The number of anilines is 1. The van der Waals surface area contributed by atoms with Gasteiger partial charge in [-0.3, -0.25) is 9.59 Å². The van der Waals surface area contributed by atoms with E-state index < -0.39 is 11.8 Å². The molecule has 0 aromatic heterocycles. The SMILES string of the molecule is Cc1ccc(NC(=O)C(N)=O)cc1Cl. The average Bonchev–Trinajstić information content (AvgIpc) is 2.11. The third kappa shape index (κ3) is 2.47. The smallest absolute Gasteiger partial charge is 0.313 e. The molecule has 0 fully saturated rings. The molecule has 0 unspecified atom stereocenters. The number of nitrogens with two attached hydrogens (primary N) is 1. The molecule has 14 heavy (non-hydrogen) atoms. The van der Waals surface area contributed by atoms with Crippen LogP contribution in [0.1, 0.15) is 5.56 Å². The first-order valence-corrected chi connectivity index (χ1v) is 4.25. The molecule has 5 heteroatoms. The first-order chi connectivity index (χ1) is 6.50. The number of hydrogen-bond donors (Lipinski definition) is 2. The second-order valence-corrected chi connectivity index (χ2v) is 3.19. The Balaban J connectivity index is 2.83. The van der Waals surface area contributed by atoms with E-state index in [4.69, 9.17) is 17.3 Å². The van der Waals surface area contributed by atoms with Crippen LogP contribution < -0.4 is 11.1 Å². The molecule has 4 nitrogen and oxygen atoms in total. The standard InChI is InChI=1S/C9H9ClN2O2/c1-5-2-3-6(4-7(5)10)12-9(14)8(11)13/h2-4H,1H3,(H2,11,13)(H,12,14). The number of primary amides is 1. The van der Waals surface area contributed by atoms with E-state index in [9.17, 15) is 9.59 Å². The Kier molecular flexibility index (Phi) is 3.09. The summed E-state index contributed by atoms with van der Waals surface area (Å²) in [6, 6.07) is 4.93. The van der Waals surface area contributed by atoms with Crippen LogP contribution in [0.3, 0.4) is 0 Å². The van der Waals surface area contributed by atoms with Crippen molar-refractivity contribution < 1.29 is 9.59 Å².